The average Bonchev–Trinajstić information content (AvgIpc) is 3.06. The Hall–Kier alpha value is -2.37. The number of hydrogen-bond acceptors (Lipinski definition) is 3. The molecule has 0 bridgehead atoms. The third-order valence-electron chi connectivity index (χ3n) is 5.70. The maximum Gasteiger partial charge on any atom is 0.407 e. The van der Waals surface area contributed by atoms with Crippen molar-refractivity contribution in [3.8, 4) is 0 Å². The molecule has 120 valence electrons. The summed E-state index contributed by atoms with van der Waals surface area (Å²) >= 11 is 0. The van der Waals surface area contributed by atoms with Crippen LogP contribution in [0.1, 0.15) is 40.5 Å². The number of hydrogen-bond donors (Lipinski definition) is 1. The van der Waals surface area contributed by atoms with Gasteiger partial charge in [-0.3, -0.25) is 14.5 Å². The molecule has 0 aromatic heterocycles. The Labute approximate surface area is 133 Å². The predicted molar refractivity (Wildman–Crippen MR) is 81.2 cm³/mol. The van der Waals surface area contributed by atoms with Crippen LogP contribution in [0.2, 0.25) is 0 Å². The first-order valence-corrected chi connectivity index (χ1v) is 7.85. The van der Waals surface area contributed by atoms with E-state index in [9.17, 15) is 19.5 Å². The largest absolute Gasteiger partial charge is 0.465 e. The minimum Gasteiger partial charge on any atom is -0.465 e. The summed E-state index contributed by atoms with van der Waals surface area (Å²) in [4.78, 5) is 39.2. The highest BCUT2D eigenvalue weighted by atomic mass is 16.4. The van der Waals surface area contributed by atoms with Gasteiger partial charge in [0, 0.05) is 19.1 Å². The van der Waals surface area contributed by atoms with E-state index in [-0.39, 0.29) is 29.2 Å². The normalized spacial score (nSPS) is 32.4. The van der Waals surface area contributed by atoms with Crippen molar-refractivity contribution >= 4 is 17.9 Å². The Morgan fingerprint density at radius 2 is 1.83 bits per heavy atom. The lowest BCUT2D eigenvalue weighted by Crippen LogP contribution is -2.40. The van der Waals surface area contributed by atoms with Gasteiger partial charge in [-0.15, -0.1) is 0 Å². The van der Waals surface area contributed by atoms with Crippen LogP contribution >= 0.6 is 0 Å². The average molecular weight is 314 g/mol. The van der Waals surface area contributed by atoms with Gasteiger partial charge >= 0.3 is 6.09 Å². The minimum atomic E-state index is -0.891. The zero-order chi connectivity index (χ0) is 16.4. The van der Waals surface area contributed by atoms with Crippen molar-refractivity contribution < 1.29 is 19.5 Å². The van der Waals surface area contributed by atoms with Gasteiger partial charge in [-0.05, 0) is 36.3 Å². The Morgan fingerprint density at radius 1 is 1.22 bits per heavy atom. The number of amides is 3. The lowest BCUT2D eigenvalue weighted by atomic mass is 9.83. The molecule has 6 nitrogen and oxygen atoms in total. The summed E-state index contributed by atoms with van der Waals surface area (Å²) in [7, 11) is 0. The monoisotopic (exact) mass is 314 g/mol. The van der Waals surface area contributed by atoms with Crippen LogP contribution in [-0.2, 0) is 0 Å². The second-order valence-electron chi connectivity index (χ2n) is 7.13. The van der Waals surface area contributed by atoms with Gasteiger partial charge in [-0.2, -0.15) is 0 Å². The van der Waals surface area contributed by atoms with Crippen LogP contribution in [0.15, 0.2) is 24.3 Å². The lowest BCUT2D eigenvalue weighted by molar-refractivity contribution is 0.0570. The van der Waals surface area contributed by atoms with Crippen LogP contribution in [0.4, 0.5) is 4.79 Å². The van der Waals surface area contributed by atoms with Crippen molar-refractivity contribution in [3.63, 3.8) is 0 Å². The Bertz CT molecular complexity index is 696. The second-order valence-corrected chi connectivity index (χ2v) is 7.13. The first-order chi connectivity index (χ1) is 10.9. The van der Waals surface area contributed by atoms with E-state index in [0.717, 1.165) is 0 Å². The first kappa shape index (κ1) is 14.2. The Balaban J connectivity index is 1.58. The van der Waals surface area contributed by atoms with Crippen LogP contribution in [0, 0.1) is 11.3 Å². The van der Waals surface area contributed by atoms with Gasteiger partial charge in [0.2, 0.25) is 0 Å². The highest BCUT2D eigenvalue weighted by molar-refractivity contribution is 6.21. The maximum atomic E-state index is 12.6. The van der Waals surface area contributed by atoms with E-state index >= 15 is 0 Å². The fourth-order valence-electron chi connectivity index (χ4n) is 4.54. The third kappa shape index (κ3) is 1.90. The quantitative estimate of drug-likeness (QED) is 0.805. The van der Waals surface area contributed by atoms with Gasteiger partial charge in [-0.1, -0.05) is 19.1 Å². The smallest absolute Gasteiger partial charge is 0.407 e. The van der Waals surface area contributed by atoms with E-state index < -0.39 is 6.09 Å². The van der Waals surface area contributed by atoms with Crippen molar-refractivity contribution in [3.05, 3.63) is 35.4 Å². The molecule has 3 atom stereocenters. The molecule has 4 rings (SSSR count). The molecule has 3 aliphatic rings. The van der Waals surface area contributed by atoms with Crippen molar-refractivity contribution in [1.82, 2.24) is 9.80 Å². The molecule has 1 saturated heterocycles. The zero-order valence-electron chi connectivity index (χ0n) is 12.9. The number of carboxylic acid groups (broad SMARTS) is 1. The van der Waals surface area contributed by atoms with Crippen molar-refractivity contribution in [2.45, 2.75) is 25.8 Å². The highest BCUT2D eigenvalue weighted by Gasteiger charge is 2.54. The van der Waals surface area contributed by atoms with E-state index in [1.54, 1.807) is 24.3 Å². The van der Waals surface area contributed by atoms with Crippen molar-refractivity contribution in [2.75, 3.05) is 13.1 Å². The van der Waals surface area contributed by atoms with Crippen LogP contribution in [-0.4, -0.2) is 51.9 Å². The standard InChI is InChI=1S/C17H18N2O4/c1-17-7-11(6-10(17)8-18(9-17)16(22)23)19-14(20)12-4-2-3-5-13(12)15(19)21/h2-5,10-11H,6-9H2,1H3,(H,22,23)/t10-,11+,17+/m0/s1. The maximum absolute atomic E-state index is 12.6. The molecule has 1 aromatic carbocycles. The lowest BCUT2D eigenvalue weighted by Gasteiger charge is -2.26. The number of rotatable bonds is 1. The van der Waals surface area contributed by atoms with E-state index in [2.05, 4.69) is 6.92 Å². The molecule has 1 aromatic rings. The van der Waals surface area contributed by atoms with Gasteiger partial charge in [0.1, 0.15) is 0 Å². The molecule has 2 heterocycles. The summed E-state index contributed by atoms with van der Waals surface area (Å²) < 4.78 is 0. The number of benzene rings is 1. The van der Waals surface area contributed by atoms with Gasteiger partial charge < -0.3 is 10.0 Å². The summed E-state index contributed by atoms with van der Waals surface area (Å²) in [5, 5.41) is 9.17. The van der Waals surface area contributed by atoms with Crippen molar-refractivity contribution in [2.24, 2.45) is 11.3 Å². The first-order valence-electron chi connectivity index (χ1n) is 7.85. The summed E-state index contributed by atoms with van der Waals surface area (Å²) in [6.45, 7) is 3.04. The Kier molecular flexibility index (Phi) is 2.83. The van der Waals surface area contributed by atoms with Gasteiger partial charge in [0.15, 0.2) is 0 Å². The molecule has 2 aliphatic heterocycles. The number of carbonyl (C=O) groups is 3. The molecule has 0 radical (unpaired) electrons. The van der Waals surface area contributed by atoms with Gasteiger partial charge in [0.05, 0.1) is 11.1 Å². The summed E-state index contributed by atoms with van der Waals surface area (Å²) in [5.74, 6) is -0.226. The van der Waals surface area contributed by atoms with E-state index in [4.69, 9.17) is 0 Å². The van der Waals surface area contributed by atoms with Crippen LogP contribution in [0.5, 0.6) is 0 Å². The number of fused-ring (bicyclic) bond motifs is 2. The van der Waals surface area contributed by atoms with E-state index in [1.165, 1.54) is 9.80 Å². The molecule has 3 amide bonds. The van der Waals surface area contributed by atoms with E-state index in [1.807, 2.05) is 0 Å². The number of likely N-dealkylation sites (tertiary alicyclic amines) is 1. The molecular weight excluding hydrogens is 296 g/mol. The molecule has 0 spiro atoms. The molecule has 0 unspecified atom stereocenters. The molecule has 6 heteroatoms. The minimum absolute atomic E-state index is 0.131. The summed E-state index contributed by atoms with van der Waals surface area (Å²) in [6, 6.07) is 6.79. The summed E-state index contributed by atoms with van der Waals surface area (Å²) in [5.41, 5.74) is 0.803. The number of imide groups is 1. The molecule has 1 N–H and O–H groups in total. The van der Waals surface area contributed by atoms with Crippen LogP contribution in [0.25, 0.3) is 0 Å². The highest BCUT2D eigenvalue weighted by Crippen LogP contribution is 2.50. The predicted octanol–water partition coefficient (Wildman–Crippen LogP) is 2.06. The van der Waals surface area contributed by atoms with Crippen molar-refractivity contribution in [1.29, 1.82) is 0 Å². The SMILES string of the molecule is C[C@]12C[C@H](N3C(=O)c4ccccc4C3=O)C[C@H]1CN(C(=O)O)C2. The van der Waals surface area contributed by atoms with Gasteiger partial charge in [-0.25, -0.2) is 4.79 Å². The molecule has 2 fully saturated rings. The Morgan fingerprint density at radius 3 is 2.35 bits per heavy atom. The fraction of sp³-hybridized carbons (Fsp3) is 0.471. The molecule has 1 aliphatic carbocycles. The summed E-state index contributed by atoms with van der Waals surface area (Å²) in [6.07, 6.45) is 0.469. The fourth-order valence-corrected chi connectivity index (χ4v) is 4.54. The van der Waals surface area contributed by atoms with Gasteiger partial charge in [0.25, 0.3) is 11.8 Å². The van der Waals surface area contributed by atoms with E-state index in [0.29, 0.717) is 37.1 Å². The van der Waals surface area contributed by atoms with Crippen LogP contribution < -0.4 is 0 Å². The topological polar surface area (TPSA) is 77.9 Å². The van der Waals surface area contributed by atoms with Crippen LogP contribution in [0.3, 0.4) is 0 Å². The molecule has 23 heavy (non-hydrogen) atoms. The third-order valence-corrected chi connectivity index (χ3v) is 5.70. The number of nitrogens with zero attached hydrogens (tertiary/aromatic N) is 2. The number of carbonyl (C=O) groups excluding carboxylic acids is 2. The molecular formula is C17H18N2O4. The second kappa shape index (κ2) is 4.57. The zero-order valence-corrected chi connectivity index (χ0v) is 12.9. The molecule has 1 saturated carbocycles.